The largest absolute Gasteiger partial charge is 0.326 e. The second-order valence-corrected chi connectivity index (χ2v) is 6.26. The lowest BCUT2D eigenvalue weighted by Crippen LogP contribution is -2.24. The third-order valence-electron chi connectivity index (χ3n) is 4.27. The van der Waals surface area contributed by atoms with E-state index in [0.29, 0.717) is 33.9 Å². The highest BCUT2D eigenvalue weighted by atomic mass is 16.2. The smallest absolute Gasteiger partial charge is 0.323 e. The average molecular weight is 376 g/mol. The molecule has 4 rings (SSSR count). The molecule has 0 saturated carbocycles. The molecule has 9 heteroatoms. The lowest BCUT2D eigenvalue weighted by molar-refractivity contribution is -0.115. The lowest BCUT2D eigenvalue weighted by Gasteiger charge is -2.08. The number of nitrogens with zero attached hydrogens (tertiary/aromatic N) is 2. The van der Waals surface area contributed by atoms with Crippen molar-refractivity contribution in [2.24, 2.45) is 0 Å². The molecule has 4 N–H and O–H groups in total. The van der Waals surface area contributed by atoms with Crippen LogP contribution in [0.2, 0.25) is 0 Å². The highest BCUT2D eigenvalue weighted by Crippen LogP contribution is 2.15. The molecule has 0 radical (unpaired) electrons. The first kappa shape index (κ1) is 17.4. The number of hydrogen-bond donors (Lipinski definition) is 4. The van der Waals surface area contributed by atoms with E-state index in [1.54, 1.807) is 49.5 Å². The number of imidazole rings is 1. The maximum absolute atomic E-state index is 12.5. The zero-order chi connectivity index (χ0) is 19.7. The standard InChI is InChI=1S/C19H16N6O3/c1-10-12(18(27)25-17(21-10)14-4-2-3-7-20-14)9-16(26)22-11-5-6-13-15(8-11)24-19(28)23-13/h2-8H,9H2,1H3,(H,22,26)(H,21,25,27)(H2,23,24,28). The van der Waals surface area contributed by atoms with E-state index in [1.807, 2.05) is 0 Å². The maximum atomic E-state index is 12.5. The molecule has 0 aliphatic carbocycles. The molecule has 0 fully saturated rings. The van der Waals surface area contributed by atoms with Gasteiger partial charge in [0.2, 0.25) is 5.91 Å². The van der Waals surface area contributed by atoms with E-state index < -0.39 is 0 Å². The van der Waals surface area contributed by atoms with E-state index >= 15 is 0 Å². The summed E-state index contributed by atoms with van der Waals surface area (Å²) in [5, 5.41) is 2.72. The van der Waals surface area contributed by atoms with Gasteiger partial charge in [-0.3, -0.25) is 14.6 Å². The first-order chi connectivity index (χ1) is 13.5. The Morgan fingerprint density at radius 1 is 1.07 bits per heavy atom. The van der Waals surface area contributed by atoms with Gasteiger partial charge in [-0.25, -0.2) is 9.78 Å². The number of pyridine rings is 1. The third-order valence-corrected chi connectivity index (χ3v) is 4.27. The maximum Gasteiger partial charge on any atom is 0.323 e. The minimum atomic E-state index is -0.381. The third kappa shape index (κ3) is 3.45. The van der Waals surface area contributed by atoms with Crippen LogP contribution < -0.4 is 16.6 Å². The van der Waals surface area contributed by atoms with Crippen LogP contribution in [0.5, 0.6) is 0 Å². The number of nitrogens with one attached hydrogen (secondary N) is 4. The van der Waals surface area contributed by atoms with Crippen LogP contribution in [-0.2, 0) is 11.2 Å². The van der Waals surface area contributed by atoms with Crippen molar-refractivity contribution in [3.8, 4) is 11.5 Å². The Hall–Kier alpha value is -4.01. The van der Waals surface area contributed by atoms with Gasteiger partial charge in [0, 0.05) is 23.1 Å². The Kier molecular flexibility index (Phi) is 4.32. The molecule has 4 aromatic rings. The zero-order valence-corrected chi connectivity index (χ0v) is 14.9. The van der Waals surface area contributed by atoms with Crippen molar-refractivity contribution in [2.75, 3.05) is 5.32 Å². The minimum absolute atomic E-state index is 0.127. The van der Waals surface area contributed by atoms with Crippen molar-refractivity contribution in [2.45, 2.75) is 13.3 Å². The van der Waals surface area contributed by atoms with Crippen LogP contribution >= 0.6 is 0 Å². The van der Waals surface area contributed by atoms with Crippen molar-refractivity contribution in [1.82, 2.24) is 24.9 Å². The lowest BCUT2D eigenvalue weighted by atomic mass is 10.1. The number of aromatic amines is 3. The van der Waals surface area contributed by atoms with Crippen LogP contribution in [0.15, 0.2) is 52.2 Å². The predicted molar refractivity (Wildman–Crippen MR) is 104 cm³/mol. The van der Waals surface area contributed by atoms with Crippen LogP contribution in [0.25, 0.3) is 22.6 Å². The fourth-order valence-corrected chi connectivity index (χ4v) is 2.92. The summed E-state index contributed by atoms with van der Waals surface area (Å²) >= 11 is 0. The summed E-state index contributed by atoms with van der Waals surface area (Å²) in [6.07, 6.45) is 1.49. The van der Waals surface area contributed by atoms with Gasteiger partial charge in [0.1, 0.15) is 5.69 Å². The summed E-state index contributed by atoms with van der Waals surface area (Å²) in [5.74, 6) is -0.00709. The number of aryl methyl sites for hydroxylation is 1. The summed E-state index contributed by atoms with van der Waals surface area (Å²) in [5.41, 5.74) is 2.34. The molecule has 3 aromatic heterocycles. The molecule has 3 heterocycles. The van der Waals surface area contributed by atoms with E-state index in [9.17, 15) is 14.4 Å². The predicted octanol–water partition coefficient (Wildman–Crippen LogP) is 1.49. The molecule has 1 aromatic carbocycles. The van der Waals surface area contributed by atoms with E-state index in [1.165, 1.54) is 0 Å². The van der Waals surface area contributed by atoms with Gasteiger partial charge in [-0.05, 0) is 37.3 Å². The number of anilines is 1. The zero-order valence-electron chi connectivity index (χ0n) is 14.9. The van der Waals surface area contributed by atoms with Gasteiger partial charge < -0.3 is 20.3 Å². The first-order valence-electron chi connectivity index (χ1n) is 8.53. The fraction of sp³-hybridized carbons (Fsp3) is 0.105. The van der Waals surface area contributed by atoms with Gasteiger partial charge in [-0.2, -0.15) is 0 Å². The second-order valence-electron chi connectivity index (χ2n) is 6.26. The van der Waals surface area contributed by atoms with Crippen LogP contribution in [0.3, 0.4) is 0 Å². The quantitative estimate of drug-likeness (QED) is 0.428. The molecule has 28 heavy (non-hydrogen) atoms. The van der Waals surface area contributed by atoms with Crippen molar-refractivity contribution in [3.05, 3.63) is 74.7 Å². The Bertz CT molecular complexity index is 1290. The molecule has 9 nitrogen and oxygen atoms in total. The average Bonchev–Trinajstić information content (AvgIpc) is 3.04. The highest BCUT2D eigenvalue weighted by molar-refractivity contribution is 5.94. The summed E-state index contributed by atoms with van der Waals surface area (Å²) in [6, 6.07) is 10.3. The number of hydrogen-bond acceptors (Lipinski definition) is 5. The molecule has 0 saturated heterocycles. The Morgan fingerprint density at radius 2 is 1.89 bits per heavy atom. The molecular formula is C19H16N6O3. The molecule has 0 bridgehead atoms. The summed E-state index contributed by atoms with van der Waals surface area (Å²) in [4.78, 5) is 52.6. The number of amides is 1. The molecule has 0 unspecified atom stereocenters. The van der Waals surface area contributed by atoms with Crippen LogP contribution in [0, 0.1) is 6.92 Å². The van der Waals surface area contributed by atoms with E-state index in [2.05, 4.69) is 30.2 Å². The van der Waals surface area contributed by atoms with Gasteiger partial charge in [-0.1, -0.05) is 6.07 Å². The Labute approximate surface area is 157 Å². The number of aromatic nitrogens is 5. The van der Waals surface area contributed by atoms with Crippen molar-refractivity contribution in [3.63, 3.8) is 0 Å². The van der Waals surface area contributed by atoms with Crippen LogP contribution in [0.1, 0.15) is 11.3 Å². The topological polar surface area (TPSA) is 136 Å². The molecule has 0 aliphatic rings. The monoisotopic (exact) mass is 376 g/mol. The Morgan fingerprint density at radius 3 is 2.64 bits per heavy atom. The normalized spacial score (nSPS) is 10.9. The van der Waals surface area contributed by atoms with Gasteiger partial charge in [-0.15, -0.1) is 0 Å². The van der Waals surface area contributed by atoms with Gasteiger partial charge >= 0.3 is 5.69 Å². The summed E-state index contributed by atoms with van der Waals surface area (Å²) < 4.78 is 0. The van der Waals surface area contributed by atoms with Crippen LogP contribution in [-0.4, -0.2) is 30.8 Å². The van der Waals surface area contributed by atoms with Crippen molar-refractivity contribution >= 4 is 22.6 Å². The molecule has 140 valence electrons. The summed E-state index contributed by atoms with van der Waals surface area (Å²) in [6.45, 7) is 1.68. The fourth-order valence-electron chi connectivity index (χ4n) is 2.92. The molecule has 1 amide bonds. The van der Waals surface area contributed by atoms with E-state index in [4.69, 9.17) is 0 Å². The number of fused-ring (bicyclic) bond motifs is 1. The number of rotatable bonds is 4. The number of H-pyrrole nitrogens is 3. The molecular weight excluding hydrogens is 360 g/mol. The molecule has 0 aliphatic heterocycles. The van der Waals surface area contributed by atoms with Gasteiger partial charge in [0.05, 0.1) is 17.5 Å². The minimum Gasteiger partial charge on any atom is -0.326 e. The summed E-state index contributed by atoms with van der Waals surface area (Å²) in [7, 11) is 0. The van der Waals surface area contributed by atoms with Crippen LogP contribution in [0.4, 0.5) is 5.69 Å². The van der Waals surface area contributed by atoms with E-state index in [-0.39, 0.29) is 29.1 Å². The van der Waals surface area contributed by atoms with Crippen molar-refractivity contribution < 1.29 is 4.79 Å². The molecule has 0 atom stereocenters. The highest BCUT2D eigenvalue weighted by Gasteiger charge is 2.14. The van der Waals surface area contributed by atoms with E-state index in [0.717, 1.165) is 0 Å². The second kappa shape index (κ2) is 6.95. The molecule has 0 spiro atoms. The Balaban J connectivity index is 1.55. The van der Waals surface area contributed by atoms with Gasteiger partial charge in [0.15, 0.2) is 5.82 Å². The number of benzene rings is 1. The van der Waals surface area contributed by atoms with Gasteiger partial charge in [0.25, 0.3) is 5.56 Å². The van der Waals surface area contributed by atoms with Crippen molar-refractivity contribution in [1.29, 1.82) is 0 Å². The SMILES string of the molecule is Cc1nc(-c2ccccn2)[nH]c(=O)c1CC(=O)Nc1ccc2[nH]c(=O)[nH]c2c1. The number of carbonyl (C=O) groups is 1. The first-order valence-corrected chi connectivity index (χ1v) is 8.53. The number of carbonyl (C=O) groups excluding carboxylic acids is 1.